The number of rotatable bonds is 6. The van der Waals surface area contributed by atoms with Gasteiger partial charge in [-0.05, 0) is 6.92 Å². The lowest BCUT2D eigenvalue weighted by Crippen LogP contribution is -2.25. The third-order valence-corrected chi connectivity index (χ3v) is 2.14. The number of hydrogen-bond acceptors (Lipinski definition) is 3. The highest BCUT2D eigenvalue weighted by atomic mass is 19.2. The molecule has 1 aromatic rings. The van der Waals surface area contributed by atoms with Gasteiger partial charge in [-0.25, -0.2) is 17.6 Å². The molecule has 0 aromatic heterocycles. The Labute approximate surface area is 101 Å². The van der Waals surface area contributed by atoms with Crippen LogP contribution in [0.3, 0.4) is 0 Å². The van der Waals surface area contributed by atoms with Gasteiger partial charge in [0.25, 0.3) is 0 Å². The maximum Gasteiger partial charge on any atom is 0.185 e. The van der Waals surface area contributed by atoms with E-state index in [2.05, 4.69) is 5.32 Å². The molecule has 0 heterocycles. The Morgan fingerprint density at radius 1 is 1.22 bits per heavy atom. The molecule has 0 fully saturated rings. The van der Waals surface area contributed by atoms with Crippen molar-refractivity contribution in [2.45, 2.75) is 13.0 Å². The van der Waals surface area contributed by atoms with Gasteiger partial charge in [-0.1, -0.05) is 0 Å². The topological polar surface area (TPSA) is 41.5 Å². The molecular weight excluding hydrogens is 254 g/mol. The number of hydrogen-bond donors (Lipinski definition) is 2. The summed E-state index contributed by atoms with van der Waals surface area (Å²) in [5.74, 6) is -6.07. The lowest BCUT2D eigenvalue weighted by atomic mass is 10.2. The standard InChI is InChI=1S/C11H13F4NO2/c1-2-18-5-6(17)4-16-11-9(14)7(12)3-8(13)10(11)15/h3,6,16-17H,2,4-5H2,1H3. The van der Waals surface area contributed by atoms with Crippen LogP contribution in [0.1, 0.15) is 6.92 Å². The summed E-state index contributed by atoms with van der Waals surface area (Å²) in [6, 6.07) is 0.118. The first kappa shape index (κ1) is 14.7. The van der Waals surface area contributed by atoms with E-state index >= 15 is 0 Å². The Morgan fingerprint density at radius 3 is 2.28 bits per heavy atom. The molecular formula is C11H13F4NO2. The lowest BCUT2D eigenvalue weighted by Gasteiger charge is -2.14. The summed E-state index contributed by atoms with van der Waals surface area (Å²) in [5, 5.41) is 11.5. The van der Waals surface area contributed by atoms with Gasteiger partial charge >= 0.3 is 0 Å². The van der Waals surface area contributed by atoms with E-state index in [1.54, 1.807) is 6.92 Å². The molecule has 2 N–H and O–H groups in total. The zero-order valence-electron chi connectivity index (χ0n) is 9.64. The predicted molar refractivity (Wildman–Crippen MR) is 57.3 cm³/mol. The van der Waals surface area contributed by atoms with Gasteiger partial charge in [0.2, 0.25) is 0 Å². The molecule has 7 heteroatoms. The highest BCUT2D eigenvalue weighted by Gasteiger charge is 2.19. The molecule has 1 unspecified atom stereocenters. The highest BCUT2D eigenvalue weighted by molar-refractivity contribution is 5.47. The van der Waals surface area contributed by atoms with Crippen molar-refractivity contribution < 1.29 is 27.4 Å². The number of halogens is 4. The van der Waals surface area contributed by atoms with E-state index in [9.17, 15) is 22.7 Å². The summed E-state index contributed by atoms with van der Waals surface area (Å²) < 4.78 is 56.9. The van der Waals surface area contributed by atoms with Gasteiger partial charge in [-0.2, -0.15) is 0 Å². The Hall–Kier alpha value is -1.34. The van der Waals surface area contributed by atoms with Crippen LogP contribution in [0.15, 0.2) is 6.07 Å². The van der Waals surface area contributed by atoms with Crippen molar-refractivity contribution in [3.8, 4) is 0 Å². The molecule has 3 nitrogen and oxygen atoms in total. The average Bonchev–Trinajstić information content (AvgIpc) is 2.34. The maximum absolute atomic E-state index is 13.2. The van der Waals surface area contributed by atoms with Gasteiger partial charge in [-0.3, -0.25) is 0 Å². The van der Waals surface area contributed by atoms with Crippen molar-refractivity contribution in [2.75, 3.05) is 25.1 Å². The molecule has 0 aliphatic carbocycles. The van der Waals surface area contributed by atoms with Gasteiger partial charge in [0.15, 0.2) is 23.3 Å². The fourth-order valence-electron chi connectivity index (χ4n) is 1.26. The number of aliphatic hydroxyl groups is 1. The van der Waals surface area contributed by atoms with Crippen LogP contribution < -0.4 is 5.32 Å². The van der Waals surface area contributed by atoms with Crippen molar-refractivity contribution in [1.82, 2.24) is 0 Å². The average molecular weight is 267 g/mol. The van der Waals surface area contributed by atoms with Crippen molar-refractivity contribution in [2.24, 2.45) is 0 Å². The quantitative estimate of drug-likeness (QED) is 0.612. The fourth-order valence-corrected chi connectivity index (χ4v) is 1.26. The number of anilines is 1. The molecule has 0 saturated carbocycles. The fraction of sp³-hybridized carbons (Fsp3) is 0.455. The van der Waals surface area contributed by atoms with E-state index in [1.807, 2.05) is 0 Å². The van der Waals surface area contributed by atoms with Crippen LogP contribution in [0, 0.1) is 23.3 Å². The Morgan fingerprint density at radius 2 is 1.78 bits per heavy atom. The summed E-state index contributed by atoms with van der Waals surface area (Å²) in [6.45, 7) is 1.73. The molecule has 1 rings (SSSR count). The Kier molecular flexibility index (Phi) is 5.36. The molecule has 0 spiro atoms. The van der Waals surface area contributed by atoms with Crippen LogP contribution in [0.25, 0.3) is 0 Å². The maximum atomic E-state index is 13.2. The van der Waals surface area contributed by atoms with Crippen molar-refractivity contribution in [1.29, 1.82) is 0 Å². The first-order valence-electron chi connectivity index (χ1n) is 5.30. The van der Waals surface area contributed by atoms with E-state index in [1.165, 1.54) is 0 Å². The third kappa shape index (κ3) is 3.58. The smallest absolute Gasteiger partial charge is 0.185 e. The number of nitrogens with one attached hydrogen (secondary N) is 1. The van der Waals surface area contributed by atoms with Crippen LogP contribution in [-0.4, -0.2) is 31.0 Å². The number of aliphatic hydroxyl groups excluding tert-OH is 1. The second kappa shape index (κ2) is 6.55. The van der Waals surface area contributed by atoms with Crippen LogP contribution >= 0.6 is 0 Å². The minimum atomic E-state index is -1.53. The molecule has 0 aliphatic heterocycles. The van der Waals surface area contributed by atoms with Crippen molar-refractivity contribution >= 4 is 5.69 Å². The zero-order chi connectivity index (χ0) is 13.7. The zero-order valence-corrected chi connectivity index (χ0v) is 9.64. The first-order chi connectivity index (χ1) is 8.47. The van der Waals surface area contributed by atoms with Crippen molar-refractivity contribution in [3.05, 3.63) is 29.3 Å². The second-order valence-corrected chi connectivity index (χ2v) is 3.54. The lowest BCUT2D eigenvalue weighted by molar-refractivity contribution is 0.0495. The third-order valence-electron chi connectivity index (χ3n) is 2.14. The SMILES string of the molecule is CCOCC(O)CNc1c(F)c(F)cc(F)c1F. The van der Waals surface area contributed by atoms with Gasteiger partial charge < -0.3 is 15.2 Å². The van der Waals surface area contributed by atoms with E-state index in [0.29, 0.717) is 6.61 Å². The molecule has 0 bridgehead atoms. The second-order valence-electron chi connectivity index (χ2n) is 3.54. The molecule has 0 saturated heterocycles. The van der Waals surface area contributed by atoms with Crippen LogP contribution in [0.2, 0.25) is 0 Å². The van der Waals surface area contributed by atoms with Gasteiger partial charge in [0, 0.05) is 19.2 Å². The van der Waals surface area contributed by atoms with E-state index < -0.39 is 35.1 Å². The van der Waals surface area contributed by atoms with E-state index in [-0.39, 0.29) is 19.2 Å². The van der Waals surface area contributed by atoms with Crippen LogP contribution in [0.5, 0.6) is 0 Å². The van der Waals surface area contributed by atoms with Gasteiger partial charge in [0.1, 0.15) is 5.69 Å². The van der Waals surface area contributed by atoms with E-state index in [0.717, 1.165) is 0 Å². The Bertz CT molecular complexity index is 388. The predicted octanol–water partition coefficient (Wildman–Crippen LogP) is 2.05. The van der Waals surface area contributed by atoms with Crippen LogP contribution in [-0.2, 0) is 4.74 Å². The van der Waals surface area contributed by atoms with E-state index in [4.69, 9.17) is 4.74 Å². The number of benzene rings is 1. The molecule has 1 aromatic carbocycles. The highest BCUT2D eigenvalue weighted by Crippen LogP contribution is 2.23. The molecule has 0 aliphatic rings. The van der Waals surface area contributed by atoms with Gasteiger partial charge in [0.05, 0.1) is 12.7 Å². The molecule has 1 atom stereocenters. The summed E-state index contributed by atoms with van der Waals surface area (Å²) in [7, 11) is 0. The van der Waals surface area contributed by atoms with Gasteiger partial charge in [-0.15, -0.1) is 0 Å². The number of ether oxygens (including phenoxy) is 1. The van der Waals surface area contributed by atoms with Crippen molar-refractivity contribution in [3.63, 3.8) is 0 Å². The Balaban J connectivity index is 2.73. The summed E-state index contributed by atoms with van der Waals surface area (Å²) in [5.41, 5.74) is -0.942. The molecule has 102 valence electrons. The monoisotopic (exact) mass is 267 g/mol. The molecule has 18 heavy (non-hydrogen) atoms. The molecule has 0 amide bonds. The largest absolute Gasteiger partial charge is 0.389 e. The normalized spacial score (nSPS) is 12.6. The summed E-state index contributed by atoms with van der Waals surface area (Å²) >= 11 is 0. The minimum absolute atomic E-state index is 0.0511. The first-order valence-corrected chi connectivity index (χ1v) is 5.30. The minimum Gasteiger partial charge on any atom is -0.389 e. The summed E-state index contributed by atoms with van der Waals surface area (Å²) in [4.78, 5) is 0. The summed E-state index contributed by atoms with van der Waals surface area (Å²) in [6.07, 6.45) is -1.05. The molecule has 0 radical (unpaired) electrons. The van der Waals surface area contributed by atoms with Crippen LogP contribution in [0.4, 0.5) is 23.2 Å².